The van der Waals surface area contributed by atoms with Crippen molar-refractivity contribution >= 4 is 28.6 Å². The molecular weight excluding hydrogens is 445 g/mol. The van der Waals surface area contributed by atoms with Gasteiger partial charge in [-0.2, -0.15) is 18.2 Å². The Morgan fingerprint density at radius 3 is 2.69 bits per heavy atom. The summed E-state index contributed by atoms with van der Waals surface area (Å²) in [7, 11) is 0. The lowest BCUT2D eigenvalue weighted by molar-refractivity contribution is -0.137. The van der Waals surface area contributed by atoms with Gasteiger partial charge in [-0.3, -0.25) is 9.36 Å². The summed E-state index contributed by atoms with van der Waals surface area (Å²) in [5, 5.41) is 3.08. The van der Waals surface area contributed by atoms with Crippen molar-refractivity contribution in [2.45, 2.75) is 32.6 Å². The molecule has 0 aliphatic rings. The van der Waals surface area contributed by atoms with Crippen LogP contribution in [0.25, 0.3) is 22.6 Å². The van der Waals surface area contributed by atoms with Gasteiger partial charge < -0.3 is 10.3 Å². The molecule has 0 amide bonds. The minimum atomic E-state index is -4.39. The van der Waals surface area contributed by atoms with Crippen LogP contribution in [0.3, 0.4) is 0 Å². The molecule has 4 aromatic rings. The van der Waals surface area contributed by atoms with Crippen molar-refractivity contribution in [1.29, 1.82) is 0 Å². The highest BCUT2D eigenvalue weighted by atomic mass is 35.5. The third kappa shape index (κ3) is 4.45. The molecule has 32 heavy (non-hydrogen) atoms. The topological polar surface area (TPSA) is 88.5 Å². The summed E-state index contributed by atoms with van der Waals surface area (Å²) in [5.74, 6) is 0.917. The first-order chi connectivity index (χ1) is 15.3. The monoisotopic (exact) mass is 462 g/mol. The van der Waals surface area contributed by atoms with Crippen LogP contribution in [0.2, 0.25) is 5.28 Å². The average molecular weight is 463 g/mol. The lowest BCUT2D eigenvalue weighted by Crippen LogP contribution is -2.14. The summed E-state index contributed by atoms with van der Waals surface area (Å²) in [6.07, 6.45) is -2.05. The Kier molecular flexibility index (Phi) is 5.88. The molecule has 0 saturated carbocycles. The predicted molar refractivity (Wildman–Crippen MR) is 115 cm³/mol. The molecule has 3 heterocycles. The van der Waals surface area contributed by atoms with Gasteiger partial charge in [-0.25, -0.2) is 9.97 Å². The van der Waals surface area contributed by atoms with Gasteiger partial charge in [0.1, 0.15) is 11.6 Å². The number of imidazole rings is 1. The van der Waals surface area contributed by atoms with Crippen molar-refractivity contribution in [3.63, 3.8) is 0 Å². The minimum absolute atomic E-state index is 0.0784. The van der Waals surface area contributed by atoms with E-state index in [1.165, 1.54) is 6.07 Å². The van der Waals surface area contributed by atoms with Gasteiger partial charge in [0.15, 0.2) is 11.2 Å². The van der Waals surface area contributed by atoms with E-state index >= 15 is 0 Å². The number of aryl methyl sites for hydroxylation is 1. The molecule has 11 heteroatoms. The number of fused-ring (bicyclic) bond motifs is 1. The number of nitrogens with zero attached hydrogens (tertiary/aromatic N) is 4. The van der Waals surface area contributed by atoms with Crippen LogP contribution in [-0.2, 0) is 19.3 Å². The maximum Gasteiger partial charge on any atom is 0.416 e. The van der Waals surface area contributed by atoms with Gasteiger partial charge in [-0.1, -0.05) is 19.1 Å². The molecular formula is C21H18ClF3N6O. The Bertz CT molecular complexity index is 1310. The Labute approximate surface area is 185 Å². The van der Waals surface area contributed by atoms with Gasteiger partial charge in [0, 0.05) is 24.8 Å². The number of alkyl halides is 3. The third-order valence-electron chi connectivity index (χ3n) is 4.78. The van der Waals surface area contributed by atoms with Crippen LogP contribution in [0.1, 0.15) is 24.5 Å². The van der Waals surface area contributed by atoms with E-state index in [9.17, 15) is 18.0 Å². The standard InChI is InChI=1S/C21H18ClF3N6O/c1-2-8-31-18-16(19(32)30-20(31)22)28-17(29-18)13-6-7-15(27-11-13)26-10-12-4-3-5-14(9-12)21(23,24)25/h3-7,9,11H,2,8,10H2,1H3,(H,26,27)(H,28,29). The molecule has 0 aliphatic heterocycles. The second-order valence-electron chi connectivity index (χ2n) is 7.11. The molecule has 166 valence electrons. The van der Waals surface area contributed by atoms with Crippen LogP contribution in [0.15, 0.2) is 47.4 Å². The molecule has 0 spiro atoms. The highest BCUT2D eigenvalue weighted by Gasteiger charge is 2.30. The fourth-order valence-corrected chi connectivity index (χ4v) is 3.48. The third-order valence-corrected chi connectivity index (χ3v) is 5.07. The lowest BCUT2D eigenvalue weighted by Gasteiger charge is -2.10. The molecule has 4 rings (SSSR count). The zero-order chi connectivity index (χ0) is 22.9. The molecule has 0 unspecified atom stereocenters. The van der Waals surface area contributed by atoms with Crippen LogP contribution < -0.4 is 10.9 Å². The van der Waals surface area contributed by atoms with Gasteiger partial charge >= 0.3 is 6.18 Å². The van der Waals surface area contributed by atoms with Crippen molar-refractivity contribution in [3.8, 4) is 11.4 Å². The number of pyridine rings is 1. The number of hydrogen-bond acceptors (Lipinski definition) is 5. The van der Waals surface area contributed by atoms with Crippen molar-refractivity contribution in [3.05, 3.63) is 69.4 Å². The van der Waals surface area contributed by atoms with Crippen LogP contribution in [0.5, 0.6) is 0 Å². The van der Waals surface area contributed by atoms with Gasteiger partial charge in [-0.15, -0.1) is 0 Å². The average Bonchev–Trinajstić information content (AvgIpc) is 3.21. The number of H-pyrrole nitrogens is 1. The van der Waals surface area contributed by atoms with Crippen LogP contribution in [-0.4, -0.2) is 24.5 Å². The first-order valence-corrected chi connectivity index (χ1v) is 10.2. The highest BCUT2D eigenvalue weighted by Crippen LogP contribution is 2.29. The molecule has 0 radical (unpaired) electrons. The Morgan fingerprint density at radius 1 is 1.19 bits per heavy atom. The smallest absolute Gasteiger partial charge is 0.366 e. The molecule has 0 bridgehead atoms. The van der Waals surface area contributed by atoms with E-state index in [0.717, 1.165) is 18.6 Å². The molecule has 0 fully saturated rings. The normalized spacial score (nSPS) is 11.8. The number of halogens is 4. The maximum atomic E-state index is 12.9. The molecule has 1 aromatic carbocycles. The quantitative estimate of drug-likeness (QED) is 0.399. The van der Waals surface area contributed by atoms with Crippen molar-refractivity contribution in [2.24, 2.45) is 0 Å². The van der Waals surface area contributed by atoms with E-state index in [4.69, 9.17) is 11.6 Å². The van der Waals surface area contributed by atoms with E-state index in [-0.39, 0.29) is 17.3 Å². The van der Waals surface area contributed by atoms with Crippen LogP contribution in [0.4, 0.5) is 19.0 Å². The summed E-state index contributed by atoms with van der Waals surface area (Å²) >= 11 is 6.10. The highest BCUT2D eigenvalue weighted by molar-refractivity contribution is 6.28. The van der Waals surface area contributed by atoms with E-state index < -0.39 is 17.3 Å². The maximum absolute atomic E-state index is 12.9. The van der Waals surface area contributed by atoms with Crippen LogP contribution >= 0.6 is 11.6 Å². The minimum Gasteiger partial charge on any atom is -0.366 e. The number of anilines is 1. The van der Waals surface area contributed by atoms with Gasteiger partial charge in [0.25, 0.3) is 5.56 Å². The van der Waals surface area contributed by atoms with Crippen LogP contribution in [0, 0.1) is 0 Å². The van der Waals surface area contributed by atoms with E-state index in [1.54, 1.807) is 29.0 Å². The van der Waals surface area contributed by atoms with Gasteiger partial charge in [-0.05, 0) is 47.9 Å². The molecule has 2 N–H and O–H groups in total. The zero-order valence-corrected chi connectivity index (χ0v) is 17.6. The van der Waals surface area contributed by atoms with E-state index in [2.05, 4.69) is 25.3 Å². The lowest BCUT2D eigenvalue weighted by atomic mass is 10.1. The Balaban J connectivity index is 1.54. The predicted octanol–water partition coefficient (Wildman–Crippen LogP) is 4.88. The number of benzene rings is 1. The molecule has 0 saturated heterocycles. The summed E-state index contributed by atoms with van der Waals surface area (Å²) in [4.78, 5) is 27.8. The summed E-state index contributed by atoms with van der Waals surface area (Å²) < 4.78 is 40.2. The van der Waals surface area contributed by atoms with Gasteiger partial charge in [0.2, 0.25) is 5.28 Å². The van der Waals surface area contributed by atoms with E-state index in [1.807, 2.05) is 6.92 Å². The Hall–Kier alpha value is -3.40. The molecule has 3 aromatic heterocycles. The van der Waals surface area contributed by atoms with Crippen molar-refractivity contribution in [1.82, 2.24) is 24.5 Å². The van der Waals surface area contributed by atoms with E-state index in [0.29, 0.717) is 35.0 Å². The largest absolute Gasteiger partial charge is 0.416 e. The number of aromatic amines is 1. The fourth-order valence-electron chi connectivity index (χ4n) is 3.24. The summed E-state index contributed by atoms with van der Waals surface area (Å²) in [6, 6.07) is 8.53. The fraction of sp³-hybridized carbons (Fsp3) is 0.238. The van der Waals surface area contributed by atoms with Crippen molar-refractivity contribution in [2.75, 3.05) is 5.32 Å². The molecule has 0 atom stereocenters. The molecule has 0 aliphatic carbocycles. The first-order valence-electron chi connectivity index (χ1n) is 9.78. The van der Waals surface area contributed by atoms with Gasteiger partial charge in [0.05, 0.1) is 5.56 Å². The number of nitrogens with one attached hydrogen (secondary N) is 2. The number of hydrogen-bond donors (Lipinski definition) is 2. The second kappa shape index (κ2) is 8.62. The summed E-state index contributed by atoms with van der Waals surface area (Å²) in [6.45, 7) is 2.72. The Morgan fingerprint density at radius 2 is 2.00 bits per heavy atom. The number of rotatable bonds is 6. The summed E-state index contributed by atoms with van der Waals surface area (Å²) in [5.41, 5.74) is 0.587. The SMILES string of the molecule is CCCn1c(Cl)nc(=O)c2[nH]c(-c3ccc(NCc4cccc(C(F)(F)F)c4)nc3)nc21. The molecule has 7 nitrogen and oxygen atoms in total. The zero-order valence-electron chi connectivity index (χ0n) is 16.9. The first kappa shape index (κ1) is 21.8. The number of aromatic nitrogens is 5. The van der Waals surface area contributed by atoms with Crippen molar-refractivity contribution < 1.29 is 13.2 Å². The second-order valence-corrected chi connectivity index (χ2v) is 7.44.